The number of piperazine rings is 1. The summed E-state index contributed by atoms with van der Waals surface area (Å²) in [7, 11) is 1.86. The van der Waals surface area contributed by atoms with E-state index in [9.17, 15) is 4.79 Å². The molecule has 1 aromatic heterocycles. The molecule has 1 unspecified atom stereocenters. The van der Waals surface area contributed by atoms with Crippen LogP contribution in [0.1, 0.15) is 19.4 Å². The Bertz CT molecular complexity index is 446. The molecule has 2 rings (SSSR count). The number of carbonyl (C=O) groups excluding carboxylic acids is 1. The van der Waals surface area contributed by atoms with Crippen LogP contribution >= 0.6 is 0 Å². The van der Waals surface area contributed by atoms with Crippen molar-refractivity contribution in [3.63, 3.8) is 0 Å². The van der Waals surface area contributed by atoms with Gasteiger partial charge in [0.2, 0.25) is 5.91 Å². The topological polar surface area (TPSA) is 62.5 Å². The average Bonchev–Trinajstić information content (AvgIpc) is 2.37. The average molecular weight is 262 g/mol. The zero-order valence-electron chi connectivity index (χ0n) is 11.8. The third-order valence-electron chi connectivity index (χ3n) is 3.91. The summed E-state index contributed by atoms with van der Waals surface area (Å²) in [4.78, 5) is 20.4. The van der Waals surface area contributed by atoms with Crippen molar-refractivity contribution in [1.29, 1.82) is 0 Å². The molecule has 1 aliphatic heterocycles. The van der Waals surface area contributed by atoms with Crippen molar-refractivity contribution < 1.29 is 4.79 Å². The maximum Gasteiger partial charge on any atom is 0.241 e. The quantitative estimate of drug-likeness (QED) is 0.859. The second kappa shape index (κ2) is 5.27. The lowest BCUT2D eigenvalue weighted by Gasteiger charge is -2.48. The lowest BCUT2D eigenvalue weighted by Crippen LogP contribution is -2.66. The Kier molecular flexibility index (Phi) is 3.87. The van der Waals surface area contributed by atoms with E-state index in [1.54, 1.807) is 12.4 Å². The van der Waals surface area contributed by atoms with Crippen molar-refractivity contribution in [2.75, 3.05) is 20.1 Å². The van der Waals surface area contributed by atoms with Crippen LogP contribution in [-0.4, -0.2) is 52.4 Å². The van der Waals surface area contributed by atoms with E-state index in [1.165, 1.54) is 0 Å². The minimum Gasteiger partial charge on any atom is -0.338 e. The van der Waals surface area contributed by atoms with Crippen LogP contribution in [-0.2, 0) is 11.3 Å². The molecule has 5 heteroatoms. The molecule has 104 valence electrons. The summed E-state index contributed by atoms with van der Waals surface area (Å²) in [5.74, 6) is 0.104. The molecule has 0 spiro atoms. The fourth-order valence-corrected chi connectivity index (χ4v) is 2.53. The molecule has 1 aliphatic rings. The number of hydrogen-bond acceptors (Lipinski definition) is 4. The Hall–Kier alpha value is -1.46. The first-order valence-electron chi connectivity index (χ1n) is 6.56. The van der Waals surface area contributed by atoms with Gasteiger partial charge in [0.25, 0.3) is 0 Å². The van der Waals surface area contributed by atoms with E-state index < -0.39 is 0 Å². The first-order valence-corrected chi connectivity index (χ1v) is 6.56. The molecular weight excluding hydrogens is 240 g/mol. The number of amides is 1. The Morgan fingerprint density at radius 2 is 2.05 bits per heavy atom. The second-order valence-electron chi connectivity index (χ2n) is 5.72. The van der Waals surface area contributed by atoms with Crippen LogP contribution < -0.4 is 5.73 Å². The number of carbonyl (C=O) groups is 1. The minimum absolute atomic E-state index is 0.104. The Morgan fingerprint density at radius 1 is 1.42 bits per heavy atom. The van der Waals surface area contributed by atoms with E-state index in [0.29, 0.717) is 6.54 Å². The number of likely N-dealkylation sites (N-methyl/N-ethyl adjacent to an activating group) is 1. The van der Waals surface area contributed by atoms with Gasteiger partial charge < -0.3 is 10.6 Å². The van der Waals surface area contributed by atoms with Crippen molar-refractivity contribution in [1.82, 2.24) is 14.8 Å². The van der Waals surface area contributed by atoms with E-state index >= 15 is 0 Å². The van der Waals surface area contributed by atoms with E-state index in [4.69, 9.17) is 5.73 Å². The lowest BCUT2D eigenvalue weighted by atomic mass is 9.95. The molecule has 5 nitrogen and oxygen atoms in total. The summed E-state index contributed by atoms with van der Waals surface area (Å²) >= 11 is 0. The molecule has 0 radical (unpaired) electrons. The van der Waals surface area contributed by atoms with E-state index in [1.807, 2.05) is 24.1 Å². The molecule has 2 N–H and O–H groups in total. The third-order valence-corrected chi connectivity index (χ3v) is 3.91. The number of nitrogens with two attached hydrogens (primary N) is 1. The first-order chi connectivity index (χ1) is 8.95. The maximum atomic E-state index is 12.4. The van der Waals surface area contributed by atoms with Crippen LogP contribution in [0.25, 0.3) is 0 Å². The standard InChI is InChI=1S/C14H22N4O/c1-14(2)10-18(9-11-4-6-16-7-5-11)12(8-15)13(19)17(14)3/h4-7,12H,8-10,15H2,1-3H3. The van der Waals surface area contributed by atoms with Crippen LogP contribution in [0, 0.1) is 0 Å². The summed E-state index contributed by atoms with van der Waals surface area (Å²) in [5.41, 5.74) is 6.77. The molecule has 1 atom stereocenters. The van der Waals surface area contributed by atoms with Crippen molar-refractivity contribution in [3.05, 3.63) is 30.1 Å². The summed E-state index contributed by atoms with van der Waals surface area (Å²) in [5, 5.41) is 0. The number of aromatic nitrogens is 1. The maximum absolute atomic E-state index is 12.4. The summed E-state index contributed by atoms with van der Waals surface area (Å²) in [6, 6.07) is 3.72. The number of nitrogens with zero attached hydrogens (tertiary/aromatic N) is 3. The SMILES string of the molecule is CN1C(=O)C(CN)N(Cc2ccncc2)CC1(C)C. The normalized spacial score (nSPS) is 23.7. The molecule has 1 saturated heterocycles. The van der Waals surface area contributed by atoms with Gasteiger partial charge in [0.15, 0.2) is 0 Å². The van der Waals surface area contributed by atoms with E-state index in [2.05, 4.69) is 23.7 Å². The lowest BCUT2D eigenvalue weighted by molar-refractivity contribution is -0.149. The van der Waals surface area contributed by atoms with Crippen molar-refractivity contribution in [2.24, 2.45) is 5.73 Å². The molecule has 0 bridgehead atoms. The van der Waals surface area contributed by atoms with Gasteiger partial charge in [-0.1, -0.05) is 0 Å². The highest BCUT2D eigenvalue weighted by molar-refractivity contribution is 5.83. The molecule has 1 aromatic rings. The highest BCUT2D eigenvalue weighted by Crippen LogP contribution is 2.24. The van der Waals surface area contributed by atoms with Crippen LogP contribution in [0.5, 0.6) is 0 Å². The smallest absolute Gasteiger partial charge is 0.241 e. The predicted octanol–water partition coefficient (Wildman–Crippen LogP) is 0.462. The van der Waals surface area contributed by atoms with E-state index in [-0.39, 0.29) is 17.5 Å². The van der Waals surface area contributed by atoms with Gasteiger partial charge in [-0.15, -0.1) is 0 Å². The number of hydrogen-bond donors (Lipinski definition) is 1. The Labute approximate surface area is 114 Å². The van der Waals surface area contributed by atoms with Crippen LogP contribution in [0.2, 0.25) is 0 Å². The van der Waals surface area contributed by atoms with Gasteiger partial charge in [-0.3, -0.25) is 14.7 Å². The van der Waals surface area contributed by atoms with Gasteiger partial charge in [0, 0.05) is 44.6 Å². The minimum atomic E-state index is -0.230. The Balaban J connectivity index is 2.20. The molecular formula is C14H22N4O. The van der Waals surface area contributed by atoms with Crippen molar-refractivity contribution in [2.45, 2.75) is 32.0 Å². The monoisotopic (exact) mass is 262 g/mol. The van der Waals surface area contributed by atoms with E-state index in [0.717, 1.165) is 18.7 Å². The fourth-order valence-electron chi connectivity index (χ4n) is 2.53. The van der Waals surface area contributed by atoms with Gasteiger partial charge in [0.05, 0.1) is 0 Å². The molecule has 0 saturated carbocycles. The largest absolute Gasteiger partial charge is 0.338 e. The number of rotatable bonds is 3. The zero-order chi connectivity index (χ0) is 14.0. The molecule has 2 heterocycles. The van der Waals surface area contributed by atoms with Gasteiger partial charge in [-0.2, -0.15) is 0 Å². The Morgan fingerprint density at radius 3 is 2.63 bits per heavy atom. The third kappa shape index (κ3) is 2.77. The predicted molar refractivity (Wildman–Crippen MR) is 74.3 cm³/mol. The number of pyridine rings is 1. The van der Waals surface area contributed by atoms with Crippen molar-refractivity contribution in [3.8, 4) is 0 Å². The van der Waals surface area contributed by atoms with Crippen LogP contribution in [0.3, 0.4) is 0 Å². The summed E-state index contributed by atoms with van der Waals surface area (Å²) < 4.78 is 0. The fraction of sp³-hybridized carbons (Fsp3) is 0.571. The highest BCUT2D eigenvalue weighted by Gasteiger charge is 2.41. The van der Waals surface area contributed by atoms with Crippen LogP contribution in [0.15, 0.2) is 24.5 Å². The van der Waals surface area contributed by atoms with Gasteiger partial charge in [0.1, 0.15) is 6.04 Å². The summed E-state index contributed by atoms with van der Waals surface area (Å²) in [6.07, 6.45) is 3.55. The second-order valence-corrected chi connectivity index (χ2v) is 5.72. The van der Waals surface area contributed by atoms with Gasteiger partial charge >= 0.3 is 0 Å². The molecule has 19 heavy (non-hydrogen) atoms. The molecule has 1 fully saturated rings. The van der Waals surface area contributed by atoms with Crippen molar-refractivity contribution >= 4 is 5.91 Å². The summed E-state index contributed by atoms with van der Waals surface area (Å²) in [6.45, 7) is 6.06. The van der Waals surface area contributed by atoms with Crippen LogP contribution in [0.4, 0.5) is 0 Å². The first kappa shape index (κ1) is 14.0. The molecule has 0 aliphatic carbocycles. The molecule has 0 aromatic carbocycles. The highest BCUT2D eigenvalue weighted by atomic mass is 16.2. The zero-order valence-corrected chi connectivity index (χ0v) is 11.8. The van der Waals surface area contributed by atoms with Gasteiger partial charge in [-0.05, 0) is 31.5 Å². The van der Waals surface area contributed by atoms with Gasteiger partial charge in [-0.25, -0.2) is 0 Å². The molecule has 1 amide bonds.